The first kappa shape index (κ1) is 17.9. The van der Waals surface area contributed by atoms with Crippen molar-refractivity contribution in [1.29, 1.82) is 0 Å². The Morgan fingerprint density at radius 3 is 1.96 bits per heavy atom. The minimum absolute atomic E-state index is 0.0169. The van der Waals surface area contributed by atoms with E-state index < -0.39 is 10.9 Å². The number of nitro groups is 1. The van der Waals surface area contributed by atoms with Crippen LogP contribution in [-0.2, 0) is 0 Å². The molecular formula is C20H15NO6. The van der Waals surface area contributed by atoms with E-state index in [0.717, 1.165) is 0 Å². The van der Waals surface area contributed by atoms with Gasteiger partial charge in [-0.3, -0.25) is 10.1 Å². The van der Waals surface area contributed by atoms with E-state index in [-0.39, 0.29) is 5.69 Å². The summed E-state index contributed by atoms with van der Waals surface area (Å²) >= 11 is 0. The van der Waals surface area contributed by atoms with Crippen molar-refractivity contribution in [3.8, 4) is 23.0 Å². The van der Waals surface area contributed by atoms with Crippen LogP contribution < -0.4 is 14.2 Å². The van der Waals surface area contributed by atoms with Crippen molar-refractivity contribution in [3.63, 3.8) is 0 Å². The predicted molar refractivity (Wildman–Crippen MR) is 97.6 cm³/mol. The van der Waals surface area contributed by atoms with Gasteiger partial charge in [0, 0.05) is 12.1 Å². The number of carbonyl (C=O) groups excluding carboxylic acids is 1. The lowest BCUT2D eigenvalue weighted by molar-refractivity contribution is -0.384. The van der Waals surface area contributed by atoms with Crippen LogP contribution in [0, 0.1) is 10.1 Å². The minimum Gasteiger partial charge on any atom is -0.493 e. The van der Waals surface area contributed by atoms with Crippen molar-refractivity contribution in [3.05, 3.63) is 88.5 Å². The van der Waals surface area contributed by atoms with E-state index >= 15 is 0 Å². The highest BCUT2D eigenvalue weighted by Gasteiger charge is 2.12. The molecule has 7 nitrogen and oxygen atoms in total. The molecule has 3 aromatic rings. The molecule has 3 aromatic carbocycles. The molecule has 0 radical (unpaired) electrons. The second-order valence-corrected chi connectivity index (χ2v) is 5.42. The molecule has 0 aliphatic carbocycles. The van der Waals surface area contributed by atoms with E-state index in [1.807, 2.05) is 0 Å². The first-order valence-corrected chi connectivity index (χ1v) is 7.94. The van der Waals surface area contributed by atoms with Gasteiger partial charge in [0.2, 0.25) is 0 Å². The maximum atomic E-state index is 12.3. The van der Waals surface area contributed by atoms with Crippen LogP contribution in [0.2, 0.25) is 0 Å². The van der Waals surface area contributed by atoms with Crippen LogP contribution in [0.15, 0.2) is 72.8 Å². The first-order chi connectivity index (χ1) is 13.1. The summed E-state index contributed by atoms with van der Waals surface area (Å²) in [5, 5.41) is 10.7. The summed E-state index contributed by atoms with van der Waals surface area (Å²) in [5.74, 6) is 1.20. The summed E-state index contributed by atoms with van der Waals surface area (Å²) in [6.45, 7) is 0. The average Bonchev–Trinajstić information content (AvgIpc) is 2.69. The molecule has 0 amide bonds. The molecule has 0 N–H and O–H groups in total. The Morgan fingerprint density at radius 1 is 0.852 bits per heavy atom. The molecule has 0 unspecified atom stereocenters. The zero-order chi connectivity index (χ0) is 19.2. The molecule has 0 aliphatic rings. The number of rotatable bonds is 6. The van der Waals surface area contributed by atoms with Gasteiger partial charge in [-0.05, 0) is 48.5 Å². The van der Waals surface area contributed by atoms with Gasteiger partial charge >= 0.3 is 5.97 Å². The third kappa shape index (κ3) is 4.40. The number of para-hydroxylation sites is 2. The number of ether oxygens (including phenoxy) is 3. The van der Waals surface area contributed by atoms with Gasteiger partial charge in [-0.15, -0.1) is 0 Å². The van der Waals surface area contributed by atoms with Gasteiger partial charge in [0.15, 0.2) is 11.5 Å². The summed E-state index contributed by atoms with van der Waals surface area (Å²) in [5.41, 5.74) is 0.328. The average molecular weight is 365 g/mol. The van der Waals surface area contributed by atoms with Gasteiger partial charge in [0.1, 0.15) is 11.5 Å². The van der Waals surface area contributed by atoms with E-state index in [1.165, 1.54) is 31.4 Å². The van der Waals surface area contributed by atoms with Crippen LogP contribution in [0.4, 0.5) is 5.69 Å². The Hall–Kier alpha value is -3.87. The van der Waals surface area contributed by atoms with Crippen molar-refractivity contribution in [2.24, 2.45) is 0 Å². The molecule has 136 valence electrons. The highest BCUT2D eigenvalue weighted by Crippen LogP contribution is 2.27. The van der Waals surface area contributed by atoms with E-state index in [9.17, 15) is 14.9 Å². The Kier molecular flexibility index (Phi) is 5.32. The molecule has 3 rings (SSSR count). The molecule has 0 heterocycles. The lowest BCUT2D eigenvalue weighted by Gasteiger charge is -2.09. The third-order valence-electron chi connectivity index (χ3n) is 3.64. The van der Waals surface area contributed by atoms with Crippen LogP contribution in [0.25, 0.3) is 0 Å². The zero-order valence-electron chi connectivity index (χ0n) is 14.3. The van der Waals surface area contributed by atoms with Gasteiger partial charge < -0.3 is 14.2 Å². The Balaban J connectivity index is 1.67. The molecule has 0 saturated carbocycles. The standard InChI is InChI=1S/C20H15NO6/c1-25-18-4-2-3-5-19(18)27-20(22)14-6-10-16(11-7-14)26-17-12-8-15(9-13-17)21(23)24/h2-13H,1H3. The summed E-state index contributed by atoms with van der Waals surface area (Å²) in [6, 6.07) is 18.9. The lowest BCUT2D eigenvalue weighted by Crippen LogP contribution is -2.09. The Morgan fingerprint density at radius 2 is 1.41 bits per heavy atom. The molecule has 0 spiro atoms. The van der Waals surface area contributed by atoms with E-state index in [1.54, 1.807) is 48.5 Å². The largest absolute Gasteiger partial charge is 0.493 e. The van der Waals surface area contributed by atoms with Crippen molar-refractivity contribution in [1.82, 2.24) is 0 Å². The van der Waals surface area contributed by atoms with Gasteiger partial charge in [-0.1, -0.05) is 12.1 Å². The number of benzene rings is 3. The third-order valence-corrected chi connectivity index (χ3v) is 3.64. The number of non-ortho nitro benzene ring substituents is 1. The second-order valence-electron chi connectivity index (χ2n) is 5.42. The number of hydrogen-bond acceptors (Lipinski definition) is 6. The van der Waals surface area contributed by atoms with Crippen molar-refractivity contribution in [2.75, 3.05) is 7.11 Å². The molecule has 7 heteroatoms. The quantitative estimate of drug-likeness (QED) is 0.274. The monoisotopic (exact) mass is 365 g/mol. The fraction of sp³-hybridized carbons (Fsp3) is 0.0500. The number of esters is 1. The predicted octanol–water partition coefficient (Wildman–Crippen LogP) is 4.61. The van der Waals surface area contributed by atoms with Gasteiger partial charge in [-0.25, -0.2) is 4.79 Å². The summed E-state index contributed by atoms with van der Waals surface area (Å²) in [4.78, 5) is 22.4. The van der Waals surface area contributed by atoms with Crippen LogP contribution in [0.5, 0.6) is 23.0 Å². The van der Waals surface area contributed by atoms with Crippen LogP contribution in [0.1, 0.15) is 10.4 Å². The van der Waals surface area contributed by atoms with E-state index in [0.29, 0.717) is 28.6 Å². The number of methoxy groups -OCH3 is 1. The second kappa shape index (κ2) is 8.01. The van der Waals surface area contributed by atoms with Crippen LogP contribution in [-0.4, -0.2) is 18.0 Å². The topological polar surface area (TPSA) is 87.9 Å². The van der Waals surface area contributed by atoms with Gasteiger partial charge in [0.05, 0.1) is 17.6 Å². The number of carbonyl (C=O) groups is 1. The van der Waals surface area contributed by atoms with E-state index in [2.05, 4.69) is 0 Å². The Bertz CT molecular complexity index is 951. The van der Waals surface area contributed by atoms with Gasteiger partial charge in [0.25, 0.3) is 5.69 Å². The molecule has 0 aliphatic heterocycles. The molecular weight excluding hydrogens is 350 g/mol. The van der Waals surface area contributed by atoms with Crippen molar-refractivity contribution < 1.29 is 23.9 Å². The van der Waals surface area contributed by atoms with Crippen molar-refractivity contribution in [2.45, 2.75) is 0 Å². The van der Waals surface area contributed by atoms with Gasteiger partial charge in [-0.2, -0.15) is 0 Å². The number of hydrogen-bond donors (Lipinski definition) is 0. The zero-order valence-corrected chi connectivity index (χ0v) is 14.3. The van der Waals surface area contributed by atoms with Crippen molar-refractivity contribution >= 4 is 11.7 Å². The Labute approximate surface area is 154 Å². The SMILES string of the molecule is COc1ccccc1OC(=O)c1ccc(Oc2ccc([N+](=O)[O-])cc2)cc1. The highest BCUT2D eigenvalue weighted by atomic mass is 16.6. The molecule has 27 heavy (non-hydrogen) atoms. The van der Waals surface area contributed by atoms with Crippen LogP contribution in [0.3, 0.4) is 0 Å². The lowest BCUT2D eigenvalue weighted by atomic mass is 10.2. The molecule has 0 bridgehead atoms. The first-order valence-electron chi connectivity index (χ1n) is 7.94. The molecule has 0 atom stereocenters. The smallest absolute Gasteiger partial charge is 0.343 e. The maximum absolute atomic E-state index is 12.3. The highest BCUT2D eigenvalue weighted by molar-refractivity contribution is 5.91. The number of nitro benzene ring substituents is 1. The molecule has 0 fully saturated rings. The summed E-state index contributed by atoms with van der Waals surface area (Å²) < 4.78 is 16.1. The van der Waals surface area contributed by atoms with Crippen LogP contribution >= 0.6 is 0 Å². The van der Waals surface area contributed by atoms with E-state index in [4.69, 9.17) is 14.2 Å². The molecule has 0 saturated heterocycles. The minimum atomic E-state index is -0.526. The number of nitrogens with zero attached hydrogens (tertiary/aromatic N) is 1. The molecule has 0 aromatic heterocycles. The summed E-state index contributed by atoms with van der Waals surface area (Å²) in [7, 11) is 1.50. The summed E-state index contributed by atoms with van der Waals surface area (Å²) in [6.07, 6.45) is 0. The maximum Gasteiger partial charge on any atom is 0.343 e. The fourth-order valence-corrected chi connectivity index (χ4v) is 2.29. The normalized spacial score (nSPS) is 10.1. The fourth-order valence-electron chi connectivity index (χ4n) is 2.29.